The van der Waals surface area contributed by atoms with E-state index in [2.05, 4.69) is 0 Å². The van der Waals surface area contributed by atoms with Gasteiger partial charge >= 0.3 is 5.97 Å². The molecule has 0 bridgehead atoms. The monoisotopic (exact) mass is 215 g/mol. The summed E-state index contributed by atoms with van der Waals surface area (Å²) in [6.45, 7) is 4.64. The van der Waals surface area contributed by atoms with Gasteiger partial charge in [0.05, 0.1) is 13.2 Å². The molecule has 0 aromatic carbocycles. The number of hydrogen-bond donors (Lipinski definition) is 0. The highest BCUT2D eigenvalue weighted by Gasteiger charge is 2.29. The number of ketones is 1. The number of esters is 1. The van der Waals surface area contributed by atoms with Gasteiger partial charge in [-0.1, -0.05) is 0 Å². The molecule has 0 spiro atoms. The van der Waals surface area contributed by atoms with E-state index in [1.165, 1.54) is 6.92 Å². The number of carbonyl (C=O) groups is 2. The Labute approximate surface area is 89.3 Å². The molecule has 1 aliphatic heterocycles. The molecule has 5 nitrogen and oxygen atoms in total. The predicted octanol–water partition coefficient (Wildman–Crippen LogP) is -0.162. The van der Waals surface area contributed by atoms with Gasteiger partial charge in [0.15, 0.2) is 11.9 Å². The van der Waals surface area contributed by atoms with Crippen LogP contribution in [0.3, 0.4) is 0 Å². The highest BCUT2D eigenvalue weighted by Crippen LogP contribution is 2.07. The van der Waals surface area contributed by atoms with E-state index in [0.29, 0.717) is 19.8 Å². The molecule has 1 saturated heterocycles. The number of rotatable bonds is 3. The Balaban J connectivity index is 2.48. The van der Waals surface area contributed by atoms with Gasteiger partial charge in [-0.25, -0.2) is 0 Å². The van der Waals surface area contributed by atoms with Crippen molar-refractivity contribution in [2.45, 2.75) is 26.0 Å². The Hall–Kier alpha value is -0.940. The Bertz CT molecular complexity index is 254. The molecule has 0 N–H and O–H groups in total. The largest absolute Gasteiger partial charge is 0.453 e. The summed E-state index contributed by atoms with van der Waals surface area (Å²) in [4.78, 5) is 24.4. The van der Waals surface area contributed by atoms with E-state index in [1.54, 1.807) is 6.92 Å². The van der Waals surface area contributed by atoms with Crippen molar-refractivity contribution in [2.24, 2.45) is 0 Å². The lowest BCUT2D eigenvalue weighted by Gasteiger charge is -2.31. The smallest absolute Gasteiger partial charge is 0.326 e. The number of ether oxygens (including phenoxy) is 2. The third kappa shape index (κ3) is 3.28. The van der Waals surface area contributed by atoms with Gasteiger partial charge < -0.3 is 9.47 Å². The van der Waals surface area contributed by atoms with E-state index in [0.717, 1.165) is 0 Å². The zero-order valence-corrected chi connectivity index (χ0v) is 9.36. The number of carbonyl (C=O) groups excluding carboxylic acids is 2. The summed E-state index contributed by atoms with van der Waals surface area (Å²) in [5.74, 6) is -0.539. The SMILES string of the molecule is CC(=O)[C@@H](C)OC(=O)[C@H]1COCCN1C. The molecular weight excluding hydrogens is 198 g/mol. The lowest BCUT2D eigenvalue weighted by atomic mass is 10.2. The van der Waals surface area contributed by atoms with Crippen LogP contribution in [0.2, 0.25) is 0 Å². The van der Waals surface area contributed by atoms with Crippen molar-refractivity contribution in [2.75, 3.05) is 26.8 Å². The molecule has 0 unspecified atom stereocenters. The molecule has 0 aliphatic carbocycles. The fourth-order valence-electron chi connectivity index (χ4n) is 1.27. The van der Waals surface area contributed by atoms with Crippen molar-refractivity contribution < 1.29 is 19.1 Å². The first-order chi connectivity index (χ1) is 7.02. The zero-order valence-electron chi connectivity index (χ0n) is 9.36. The summed E-state index contributed by atoms with van der Waals surface area (Å²) in [6.07, 6.45) is -0.673. The van der Waals surface area contributed by atoms with Crippen LogP contribution in [-0.4, -0.2) is 55.6 Å². The van der Waals surface area contributed by atoms with Crippen LogP contribution in [0.4, 0.5) is 0 Å². The van der Waals surface area contributed by atoms with Crippen LogP contribution in [0.1, 0.15) is 13.8 Å². The highest BCUT2D eigenvalue weighted by molar-refractivity contribution is 5.84. The summed E-state index contributed by atoms with van der Waals surface area (Å²) >= 11 is 0. The summed E-state index contributed by atoms with van der Waals surface area (Å²) in [5.41, 5.74) is 0. The van der Waals surface area contributed by atoms with E-state index < -0.39 is 6.10 Å². The number of nitrogens with zero attached hydrogens (tertiary/aromatic N) is 1. The molecule has 1 fully saturated rings. The predicted molar refractivity (Wildman–Crippen MR) is 53.5 cm³/mol. The summed E-state index contributed by atoms with van der Waals surface area (Å²) in [6, 6.07) is -0.388. The summed E-state index contributed by atoms with van der Waals surface area (Å²) in [7, 11) is 1.84. The van der Waals surface area contributed by atoms with Crippen LogP contribution in [-0.2, 0) is 19.1 Å². The first-order valence-electron chi connectivity index (χ1n) is 5.01. The fraction of sp³-hybridized carbons (Fsp3) is 0.800. The molecular formula is C10H17NO4. The Morgan fingerprint density at radius 1 is 1.53 bits per heavy atom. The van der Waals surface area contributed by atoms with Crippen LogP contribution in [0.5, 0.6) is 0 Å². The van der Waals surface area contributed by atoms with Crippen molar-refractivity contribution in [1.29, 1.82) is 0 Å². The maximum Gasteiger partial charge on any atom is 0.326 e. The van der Waals surface area contributed by atoms with Crippen LogP contribution in [0, 0.1) is 0 Å². The summed E-state index contributed by atoms with van der Waals surface area (Å²) < 4.78 is 10.2. The van der Waals surface area contributed by atoms with Gasteiger partial charge in [0, 0.05) is 6.54 Å². The van der Waals surface area contributed by atoms with Gasteiger partial charge in [-0.15, -0.1) is 0 Å². The molecule has 0 saturated carbocycles. The van der Waals surface area contributed by atoms with Crippen molar-refractivity contribution in [3.05, 3.63) is 0 Å². The van der Waals surface area contributed by atoms with Crippen LogP contribution >= 0.6 is 0 Å². The lowest BCUT2D eigenvalue weighted by molar-refractivity contribution is -0.163. The van der Waals surface area contributed by atoms with Gasteiger partial charge in [-0.2, -0.15) is 0 Å². The number of hydrogen-bond acceptors (Lipinski definition) is 5. The van der Waals surface area contributed by atoms with E-state index in [-0.39, 0.29) is 17.8 Å². The van der Waals surface area contributed by atoms with Crippen molar-refractivity contribution in [1.82, 2.24) is 4.90 Å². The molecule has 1 heterocycles. The van der Waals surface area contributed by atoms with Crippen molar-refractivity contribution in [3.8, 4) is 0 Å². The molecule has 15 heavy (non-hydrogen) atoms. The molecule has 0 aromatic rings. The second-order valence-electron chi connectivity index (χ2n) is 3.76. The Morgan fingerprint density at radius 3 is 2.73 bits per heavy atom. The molecule has 1 rings (SSSR count). The average molecular weight is 215 g/mol. The van der Waals surface area contributed by atoms with E-state index >= 15 is 0 Å². The second kappa shape index (κ2) is 5.23. The fourth-order valence-corrected chi connectivity index (χ4v) is 1.27. The second-order valence-corrected chi connectivity index (χ2v) is 3.76. The van der Waals surface area contributed by atoms with Gasteiger partial charge in [0.2, 0.25) is 0 Å². The zero-order chi connectivity index (χ0) is 11.4. The maximum absolute atomic E-state index is 11.6. The van der Waals surface area contributed by atoms with Crippen LogP contribution in [0.15, 0.2) is 0 Å². The van der Waals surface area contributed by atoms with Crippen molar-refractivity contribution >= 4 is 11.8 Å². The molecule has 0 radical (unpaired) electrons. The minimum absolute atomic E-state index is 0.150. The molecule has 0 aromatic heterocycles. The third-order valence-corrected chi connectivity index (χ3v) is 2.53. The Morgan fingerprint density at radius 2 is 2.20 bits per heavy atom. The van der Waals surface area contributed by atoms with Crippen LogP contribution < -0.4 is 0 Å². The molecule has 5 heteroatoms. The van der Waals surface area contributed by atoms with E-state index in [4.69, 9.17) is 9.47 Å². The van der Waals surface area contributed by atoms with Gasteiger partial charge in [-0.3, -0.25) is 14.5 Å². The standard InChI is InChI=1S/C10H17NO4/c1-7(12)8(2)15-10(13)9-6-14-5-4-11(9)3/h8-9H,4-6H2,1-3H3/t8-,9-/m1/s1. The minimum atomic E-state index is -0.673. The molecule has 2 atom stereocenters. The molecule has 1 aliphatic rings. The Kier molecular flexibility index (Phi) is 4.23. The first-order valence-corrected chi connectivity index (χ1v) is 5.01. The van der Waals surface area contributed by atoms with E-state index in [1.807, 2.05) is 11.9 Å². The van der Waals surface area contributed by atoms with Crippen molar-refractivity contribution in [3.63, 3.8) is 0 Å². The minimum Gasteiger partial charge on any atom is -0.453 e. The number of Topliss-reactive ketones (excluding diaryl/α,β-unsaturated/α-hetero) is 1. The topological polar surface area (TPSA) is 55.8 Å². The maximum atomic E-state index is 11.6. The number of morpholine rings is 1. The highest BCUT2D eigenvalue weighted by atomic mass is 16.6. The lowest BCUT2D eigenvalue weighted by Crippen LogP contribution is -2.49. The third-order valence-electron chi connectivity index (χ3n) is 2.53. The van der Waals surface area contributed by atoms with Crippen LogP contribution in [0.25, 0.3) is 0 Å². The average Bonchev–Trinajstić information content (AvgIpc) is 2.18. The van der Waals surface area contributed by atoms with Gasteiger partial charge in [-0.05, 0) is 20.9 Å². The first kappa shape index (κ1) is 12.1. The normalized spacial score (nSPS) is 24.6. The molecule has 86 valence electrons. The number of likely N-dealkylation sites (N-methyl/N-ethyl adjacent to an activating group) is 1. The molecule has 0 amide bonds. The van der Waals surface area contributed by atoms with Gasteiger partial charge in [0.1, 0.15) is 6.04 Å². The van der Waals surface area contributed by atoms with Gasteiger partial charge in [0.25, 0.3) is 0 Å². The van der Waals surface area contributed by atoms with E-state index in [9.17, 15) is 9.59 Å². The summed E-state index contributed by atoms with van der Waals surface area (Å²) in [5, 5.41) is 0. The quantitative estimate of drug-likeness (QED) is 0.612.